The zero-order valence-corrected chi connectivity index (χ0v) is 12.5. The number of methoxy groups -OCH3 is 1. The molecule has 0 radical (unpaired) electrons. The van der Waals surface area contributed by atoms with Crippen molar-refractivity contribution in [3.05, 3.63) is 22.4 Å². The van der Waals surface area contributed by atoms with Crippen LogP contribution in [-0.2, 0) is 16.1 Å². The number of carbonyl (C=O) groups is 1. The van der Waals surface area contributed by atoms with Crippen LogP contribution in [0.5, 0.6) is 0 Å². The maximum Gasteiger partial charge on any atom is 0.226 e. The number of amides is 1. The monoisotopic (exact) mass is 281 g/mol. The van der Waals surface area contributed by atoms with Gasteiger partial charge in [-0.3, -0.25) is 4.79 Å². The van der Waals surface area contributed by atoms with Gasteiger partial charge in [0.05, 0.1) is 6.61 Å². The summed E-state index contributed by atoms with van der Waals surface area (Å²) in [5, 5.41) is 4.18. The Morgan fingerprint density at radius 1 is 1.42 bits per heavy atom. The fourth-order valence-electron chi connectivity index (χ4n) is 2.68. The van der Waals surface area contributed by atoms with E-state index >= 15 is 0 Å². The number of hydrogen-bond donors (Lipinski definition) is 0. The van der Waals surface area contributed by atoms with Crippen LogP contribution < -0.4 is 0 Å². The fraction of sp³-hybridized carbons (Fsp3) is 0.667. The van der Waals surface area contributed by atoms with Gasteiger partial charge in [-0.05, 0) is 35.2 Å². The Labute approximate surface area is 119 Å². The van der Waals surface area contributed by atoms with Gasteiger partial charge in [0.15, 0.2) is 0 Å². The molecule has 1 aromatic rings. The Morgan fingerprint density at radius 2 is 2.21 bits per heavy atom. The molecular weight excluding hydrogens is 258 g/mol. The Morgan fingerprint density at radius 3 is 2.84 bits per heavy atom. The molecule has 1 aromatic heterocycles. The number of nitrogens with zero attached hydrogens (tertiary/aromatic N) is 1. The van der Waals surface area contributed by atoms with Gasteiger partial charge in [-0.25, -0.2) is 0 Å². The lowest BCUT2D eigenvalue weighted by Crippen LogP contribution is -2.38. The Hall–Kier alpha value is -0.870. The Balaban J connectivity index is 1.96. The van der Waals surface area contributed by atoms with E-state index in [1.54, 1.807) is 18.4 Å². The molecule has 0 bridgehead atoms. The highest BCUT2D eigenvalue weighted by Gasteiger charge is 2.25. The van der Waals surface area contributed by atoms with Crippen LogP contribution >= 0.6 is 11.3 Å². The van der Waals surface area contributed by atoms with Gasteiger partial charge in [-0.1, -0.05) is 19.3 Å². The molecule has 0 unspecified atom stereocenters. The van der Waals surface area contributed by atoms with Crippen LogP contribution in [0.4, 0.5) is 0 Å². The van der Waals surface area contributed by atoms with Crippen molar-refractivity contribution in [3.63, 3.8) is 0 Å². The van der Waals surface area contributed by atoms with Gasteiger partial charge in [0.1, 0.15) is 0 Å². The summed E-state index contributed by atoms with van der Waals surface area (Å²) in [5.74, 6) is 0.562. The van der Waals surface area contributed by atoms with Crippen LogP contribution in [0.25, 0.3) is 0 Å². The Kier molecular flexibility index (Phi) is 5.86. The SMILES string of the molecule is COCCN(Cc1ccsc1)C(=O)C1CCCCC1. The summed E-state index contributed by atoms with van der Waals surface area (Å²) in [6.45, 7) is 2.03. The number of ether oxygens (including phenoxy) is 1. The molecule has 1 fully saturated rings. The third-order valence-corrected chi connectivity index (χ3v) is 4.52. The number of rotatable bonds is 6. The predicted molar refractivity (Wildman–Crippen MR) is 78.2 cm³/mol. The van der Waals surface area contributed by atoms with E-state index in [9.17, 15) is 4.79 Å². The highest BCUT2D eigenvalue weighted by molar-refractivity contribution is 7.07. The van der Waals surface area contributed by atoms with Crippen LogP contribution in [0, 0.1) is 5.92 Å². The standard InChI is InChI=1S/C15H23NO2S/c1-18-9-8-16(11-13-7-10-19-12-13)15(17)14-5-3-2-4-6-14/h7,10,12,14H,2-6,8-9,11H2,1H3. The topological polar surface area (TPSA) is 29.5 Å². The molecule has 3 nitrogen and oxygen atoms in total. The largest absolute Gasteiger partial charge is 0.383 e. The second-order valence-corrected chi connectivity index (χ2v) is 6.00. The lowest BCUT2D eigenvalue weighted by molar-refractivity contribution is -0.137. The molecule has 106 valence electrons. The maximum absolute atomic E-state index is 12.6. The number of thiophene rings is 1. The van der Waals surface area contributed by atoms with Crippen LogP contribution in [0.2, 0.25) is 0 Å². The molecular formula is C15H23NO2S. The van der Waals surface area contributed by atoms with Gasteiger partial charge in [-0.15, -0.1) is 0 Å². The van der Waals surface area contributed by atoms with Crippen molar-refractivity contribution in [1.82, 2.24) is 4.90 Å². The summed E-state index contributed by atoms with van der Waals surface area (Å²) in [6, 6.07) is 2.10. The summed E-state index contributed by atoms with van der Waals surface area (Å²) in [6.07, 6.45) is 5.81. The van der Waals surface area contributed by atoms with Crippen molar-refractivity contribution < 1.29 is 9.53 Å². The lowest BCUT2D eigenvalue weighted by Gasteiger charge is -2.29. The van der Waals surface area contributed by atoms with Crippen LogP contribution in [-0.4, -0.2) is 31.1 Å². The van der Waals surface area contributed by atoms with Crippen molar-refractivity contribution >= 4 is 17.2 Å². The van der Waals surface area contributed by atoms with Crippen molar-refractivity contribution in [2.75, 3.05) is 20.3 Å². The molecule has 1 saturated carbocycles. The van der Waals surface area contributed by atoms with Gasteiger partial charge in [0.2, 0.25) is 5.91 Å². The molecule has 19 heavy (non-hydrogen) atoms. The fourth-order valence-corrected chi connectivity index (χ4v) is 3.34. The smallest absolute Gasteiger partial charge is 0.226 e. The van der Waals surface area contributed by atoms with Gasteiger partial charge in [0, 0.05) is 26.1 Å². The molecule has 1 aliphatic carbocycles. The average molecular weight is 281 g/mol. The molecule has 1 heterocycles. The molecule has 0 aliphatic heterocycles. The van der Waals surface area contributed by atoms with Crippen molar-refractivity contribution in [2.45, 2.75) is 38.6 Å². The number of hydrogen-bond acceptors (Lipinski definition) is 3. The molecule has 0 aromatic carbocycles. The third-order valence-electron chi connectivity index (χ3n) is 3.78. The van der Waals surface area contributed by atoms with Gasteiger partial charge < -0.3 is 9.64 Å². The highest BCUT2D eigenvalue weighted by atomic mass is 32.1. The van der Waals surface area contributed by atoms with Crippen LogP contribution in [0.1, 0.15) is 37.7 Å². The second-order valence-electron chi connectivity index (χ2n) is 5.22. The van der Waals surface area contributed by atoms with Crippen molar-refractivity contribution in [3.8, 4) is 0 Å². The molecule has 0 N–H and O–H groups in total. The normalized spacial score (nSPS) is 16.5. The lowest BCUT2D eigenvalue weighted by atomic mass is 9.88. The summed E-state index contributed by atoms with van der Waals surface area (Å²) < 4.78 is 5.14. The van der Waals surface area contributed by atoms with Crippen LogP contribution in [0.15, 0.2) is 16.8 Å². The number of carbonyl (C=O) groups excluding carboxylic acids is 1. The van der Waals surface area contributed by atoms with E-state index in [2.05, 4.69) is 16.8 Å². The van der Waals surface area contributed by atoms with E-state index in [1.165, 1.54) is 24.8 Å². The zero-order chi connectivity index (χ0) is 13.5. The summed E-state index contributed by atoms with van der Waals surface area (Å²) in [4.78, 5) is 14.6. The van der Waals surface area contributed by atoms with E-state index in [-0.39, 0.29) is 5.92 Å². The molecule has 0 spiro atoms. The van der Waals surface area contributed by atoms with E-state index in [0.29, 0.717) is 19.1 Å². The summed E-state index contributed by atoms with van der Waals surface area (Å²) >= 11 is 1.68. The second kappa shape index (κ2) is 7.65. The van der Waals surface area contributed by atoms with E-state index in [0.717, 1.165) is 19.4 Å². The minimum atomic E-state index is 0.240. The predicted octanol–water partition coefficient (Wildman–Crippen LogP) is 3.30. The van der Waals surface area contributed by atoms with E-state index in [4.69, 9.17) is 4.74 Å². The summed E-state index contributed by atoms with van der Waals surface area (Å²) in [5.41, 5.74) is 1.23. The first-order chi connectivity index (χ1) is 9.31. The van der Waals surface area contributed by atoms with E-state index in [1.807, 2.05) is 4.90 Å². The minimum absolute atomic E-state index is 0.240. The quantitative estimate of drug-likeness (QED) is 0.800. The molecule has 4 heteroatoms. The zero-order valence-electron chi connectivity index (χ0n) is 11.6. The first-order valence-corrected chi connectivity index (χ1v) is 8.04. The molecule has 1 amide bonds. The molecule has 2 rings (SSSR count). The molecule has 0 atom stereocenters. The van der Waals surface area contributed by atoms with Crippen LogP contribution in [0.3, 0.4) is 0 Å². The van der Waals surface area contributed by atoms with Gasteiger partial charge in [-0.2, -0.15) is 11.3 Å². The molecule has 0 saturated heterocycles. The third kappa shape index (κ3) is 4.32. The first-order valence-electron chi connectivity index (χ1n) is 7.10. The average Bonchev–Trinajstić information content (AvgIpc) is 2.96. The Bertz CT molecular complexity index is 372. The van der Waals surface area contributed by atoms with Gasteiger partial charge >= 0.3 is 0 Å². The van der Waals surface area contributed by atoms with E-state index < -0.39 is 0 Å². The van der Waals surface area contributed by atoms with Crippen molar-refractivity contribution in [1.29, 1.82) is 0 Å². The highest BCUT2D eigenvalue weighted by Crippen LogP contribution is 2.26. The molecule has 1 aliphatic rings. The first kappa shape index (κ1) is 14.5. The minimum Gasteiger partial charge on any atom is -0.383 e. The summed E-state index contributed by atoms with van der Waals surface area (Å²) in [7, 11) is 1.69. The van der Waals surface area contributed by atoms with Gasteiger partial charge in [0.25, 0.3) is 0 Å². The van der Waals surface area contributed by atoms with Crippen molar-refractivity contribution in [2.24, 2.45) is 5.92 Å². The maximum atomic E-state index is 12.6.